The van der Waals surface area contributed by atoms with Gasteiger partial charge in [0.05, 0.1) is 13.5 Å². The van der Waals surface area contributed by atoms with Gasteiger partial charge in [0.15, 0.2) is 0 Å². The lowest BCUT2D eigenvalue weighted by atomic mass is 9.78. The third kappa shape index (κ3) is 2.67. The molecule has 2 fully saturated rings. The molecule has 1 aromatic carbocycles. The molecule has 1 saturated carbocycles. The summed E-state index contributed by atoms with van der Waals surface area (Å²) in [5.74, 6) is 1.91. The number of hydrogen-bond donors (Lipinski definition) is 0. The molecule has 1 aromatic rings. The Hall–Kier alpha value is -1.51. The van der Waals surface area contributed by atoms with E-state index >= 15 is 0 Å². The highest BCUT2D eigenvalue weighted by Gasteiger charge is 2.36. The summed E-state index contributed by atoms with van der Waals surface area (Å²) in [5, 5.41) is 0. The minimum atomic E-state index is 0.296. The molecule has 2 aliphatic rings. The van der Waals surface area contributed by atoms with Crippen molar-refractivity contribution in [3.63, 3.8) is 0 Å². The molecule has 3 nitrogen and oxygen atoms in total. The Bertz CT molecular complexity index is 464. The molecule has 1 saturated heterocycles. The van der Waals surface area contributed by atoms with E-state index in [1.165, 1.54) is 32.1 Å². The maximum atomic E-state index is 12.5. The highest BCUT2D eigenvalue weighted by atomic mass is 16.5. The van der Waals surface area contributed by atoms with E-state index in [0.717, 1.165) is 23.8 Å². The zero-order chi connectivity index (χ0) is 13.9. The number of methoxy groups -OCH3 is 1. The summed E-state index contributed by atoms with van der Waals surface area (Å²) in [5.41, 5.74) is 1.08. The lowest BCUT2D eigenvalue weighted by Gasteiger charge is -2.37. The number of likely N-dealkylation sites (tertiary alicyclic amines) is 1. The van der Waals surface area contributed by atoms with Gasteiger partial charge in [0.25, 0.3) is 0 Å². The van der Waals surface area contributed by atoms with Crippen LogP contribution in [0.4, 0.5) is 0 Å². The largest absolute Gasteiger partial charge is 0.497 e. The molecule has 1 aliphatic carbocycles. The van der Waals surface area contributed by atoms with Crippen molar-refractivity contribution in [1.29, 1.82) is 0 Å². The Balaban J connectivity index is 1.62. The topological polar surface area (TPSA) is 29.5 Å². The summed E-state index contributed by atoms with van der Waals surface area (Å²) >= 11 is 0. The number of hydrogen-bond acceptors (Lipinski definition) is 2. The molecule has 1 unspecified atom stereocenters. The van der Waals surface area contributed by atoms with Crippen molar-refractivity contribution in [2.24, 2.45) is 5.92 Å². The van der Waals surface area contributed by atoms with Crippen molar-refractivity contribution in [3.05, 3.63) is 29.8 Å². The van der Waals surface area contributed by atoms with E-state index in [1.807, 2.05) is 24.3 Å². The Morgan fingerprint density at radius 3 is 2.55 bits per heavy atom. The third-order valence-corrected chi connectivity index (χ3v) is 4.83. The second-order valence-electron chi connectivity index (χ2n) is 6.01. The maximum absolute atomic E-state index is 12.5. The van der Waals surface area contributed by atoms with Crippen LogP contribution in [0.2, 0.25) is 0 Å². The monoisotopic (exact) mass is 273 g/mol. The predicted octanol–water partition coefficient (Wildman–Crippen LogP) is 3.03. The van der Waals surface area contributed by atoms with Gasteiger partial charge in [-0.15, -0.1) is 0 Å². The third-order valence-electron chi connectivity index (χ3n) is 4.83. The average molecular weight is 273 g/mol. The summed E-state index contributed by atoms with van der Waals surface area (Å²) in [6.45, 7) is 0.955. The molecule has 20 heavy (non-hydrogen) atoms. The van der Waals surface area contributed by atoms with Gasteiger partial charge in [0.2, 0.25) is 5.91 Å². The van der Waals surface area contributed by atoms with E-state index in [1.54, 1.807) is 7.11 Å². The zero-order valence-electron chi connectivity index (χ0n) is 12.2. The predicted molar refractivity (Wildman–Crippen MR) is 78.8 cm³/mol. The number of ether oxygens (including phenoxy) is 1. The lowest BCUT2D eigenvalue weighted by Crippen LogP contribution is -2.43. The minimum absolute atomic E-state index is 0.296. The van der Waals surface area contributed by atoms with Gasteiger partial charge in [-0.05, 0) is 49.3 Å². The molecule has 1 atom stereocenters. The number of rotatable bonds is 4. The Kier molecular flexibility index (Phi) is 3.95. The standard InChI is InChI=1S/C17H23NO2/c1-20-15-9-7-13(8-10-15)12-17(19)18-11-3-6-16(18)14-4-2-5-14/h7-10,14,16H,2-6,11-12H2,1H3. The maximum Gasteiger partial charge on any atom is 0.227 e. The van der Waals surface area contributed by atoms with Gasteiger partial charge in [-0.2, -0.15) is 0 Å². The van der Waals surface area contributed by atoms with E-state index < -0.39 is 0 Å². The first-order valence-corrected chi connectivity index (χ1v) is 7.70. The van der Waals surface area contributed by atoms with Crippen molar-refractivity contribution >= 4 is 5.91 Å². The summed E-state index contributed by atoms with van der Waals surface area (Å²) in [6.07, 6.45) is 6.89. The van der Waals surface area contributed by atoms with Crippen molar-refractivity contribution in [3.8, 4) is 5.75 Å². The molecule has 0 bridgehead atoms. The molecule has 1 aliphatic heterocycles. The SMILES string of the molecule is COc1ccc(CC(=O)N2CCCC2C2CCC2)cc1. The number of nitrogens with zero attached hydrogens (tertiary/aromatic N) is 1. The van der Waals surface area contributed by atoms with Crippen molar-refractivity contribution in [2.45, 2.75) is 44.6 Å². The molecule has 1 heterocycles. The molecule has 0 aromatic heterocycles. The van der Waals surface area contributed by atoms with E-state index in [-0.39, 0.29) is 0 Å². The van der Waals surface area contributed by atoms with Gasteiger partial charge >= 0.3 is 0 Å². The fraction of sp³-hybridized carbons (Fsp3) is 0.588. The van der Waals surface area contributed by atoms with E-state index in [9.17, 15) is 4.79 Å². The van der Waals surface area contributed by atoms with Gasteiger partial charge in [-0.1, -0.05) is 18.6 Å². The molecular formula is C17H23NO2. The summed E-state index contributed by atoms with van der Waals surface area (Å²) in [7, 11) is 1.66. The van der Waals surface area contributed by atoms with Crippen LogP contribution in [0.15, 0.2) is 24.3 Å². The first kappa shape index (κ1) is 13.5. The van der Waals surface area contributed by atoms with Crippen molar-refractivity contribution in [2.75, 3.05) is 13.7 Å². The number of benzene rings is 1. The first-order chi connectivity index (χ1) is 9.78. The van der Waals surface area contributed by atoms with E-state index in [2.05, 4.69) is 4.90 Å². The van der Waals surface area contributed by atoms with Gasteiger partial charge in [0.1, 0.15) is 5.75 Å². The molecular weight excluding hydrogens is 250 g/mol. The van der Waals surface area contributed by atoms with E-state index in [4.69, 9.17) is 4.74 Å². The van der Waals surface area contributed by atoms with Crippen LogP contribution in [0.25, 0.3) is 0 Å². The van der Waals surface area contributed by atoms with Crippen molar-refractivity contribution < 1.29 is 9.53 Å². The molecule has 0 spiro atoms. The smallest absolute Gasteiger partial charge is 0.227 e. The molecule has 1 amide bonds. The van der Waals surface area contributed by atoms with Gasteiger partial charge in [0, 0.05) is 12.6 Å². The highest BCUT2D eigenvalue weighted by molar-refractivity contribution is 5.79. The van der Waals surface area contributed by atoms with Crippen LogP contribution in [0.1, 0.15) is 37.7 Å². The minimum Gasteiger partial charge on any atom is -0.497 e. The van der Waals surface area contributed by atoms with E-state index in [0.29, 0.717) is 18.4 Å². The first-order valence-electron chi connectivity index (χ1n) is 7.70. The summed E-state index contributed by atoms with van der Waals surface area (Å²) in [6, 6.07) is 8.36. The van der Waals surface area contributed by atoms with Crippen LogP contribution in [0, 0.1) is 5.92 Å². The Labute approximate surface area is 120 Å². The quantitative estimate of drug-likeness (QED) is 0.844. The Morgan fingerprint density at radius 1 is 1.20 bits per heavy atom. The number of carbonyl (C=O) groups excluding carboxylic acids is 1. The second-order valence-corrected chi connectivity index (χ2v) is 6.01. The van der Waals surface area contributed by atoms with Crippen LogP contribution < -0.4 is 4.74 Å². The molecule has 3 rings (SSSR count). The molecule has 3 heteroatoms. The summed E-state index contributed by atoms with van der Waals surface area (Å²) in [4.78, 5) is 14.7. The van der Waals surface area contributed by atoms with Gasteiger partial charge in [-0.25, -0.2) is 0 Å². The summed E-state index contributed by atoms with van der Waals surface area (Å²) < 4.78 is 5.15. The molecule has 0 N–H and O–H groups in total. The Morgan fingerprint density at radius 2 is 1.95 bits per heavy atom. The second kappa shape index (κ2) is 5.86. The fourth-order valence-corrected chi connectivity index (χ4v) is 3.44. The van der Waals surface area contributed by atoms with Crippen molar-refractivity contribution in [1.82, 2.24) is 4.90 Å². The van der Waals surface area contributed by atoms with Crippen LogP contribution in [0.3, 0.4) is 0 Å². The average Bonchev–Trinajstić information content (AvgIpc) is 2.86. The van der Waals surface area contributed by atoms with Crippen LogP contribution in [-0.4, -0.2) is 30.5 Å². The van der Waals surface area contributed by atoms with Crippen LogP contribution >= 0.6 is 0 Å². The van der Waals surface area contributed by atoms with Crippen LogP contribution in [-0.2, 0) is 11.2 Å². The normalized spacial score (nSPS) is 22.6. The van der Waals surface area contributed by atoms with Gasteiger partial charge < -0.3 is 9.64 Å². The fourth-order valence-electron chi connectivity index (χ4n) is 3.44. The molecule has 0 radical (unpaired) electrons. The lowest BCUT2D eigenvalue weighted by molar-refractivity contribution is -0.132. The number of carbonyl (C=O) groups is 1. The molecule has 108 valence electrons. The van der Waals surface area contributed by atoms with Crippen LogP contribution in [0.5, 0.6) is 5.75 Å². The number of amides is 1. The highest BCUT2D eigenvalue weighted by Crippen LogP contribution is 2.37. The van der Waals surface area contributed by atoms with Gasteiger partial charge in [-0.3, -0.25) is 4.79 Å². The zero-order valence-corrected chi connectivity index (χ0v) is 12.2.